The summed E-state index contributed by atoms with van der Waals surface area (Å²) in [5.41, 5.74) is 8.34. The summed E-state index contributed by atoms with van der Waals surface area (Å²) in [7, 11) is 0. The molecule has 1 atom stereocenters. The van der Waals surface area contributed by atoms with Gasteiger partial charge in [0.2, 0.25) is 5.91 Å². The van der Waals surface area contributed by atoms with Crippen LogP contribution in [-0.2, 0) is 4.79 Å². The second-order valence-corrected chi connectivity index (χ2v) is 5.32. The Bertz CT molecular complexity index is 594. The summed E-state index contributed by atoms with van der Waals surface area (Å²) >= 11 is 0. The van der Waals surface area contributed by atoms with E-state index in [9.17, 15) is 4.79 Å². The molecule has 0 aliphatic heterocycles. The number of oxazole rings is 1. The second kappa shape index (κ2) is 7.04. The van der Waals surface area contributed by atoms with Crippen LogP contribution in [0.25, 0.3) is 11.3 Å². The fourth-order valence-electron chi connectivity index (χ4n) is 2.09. The number of aromatic nitrogens is 1. The molecule has 1 unspecified atom stereocenters. The first-order chi connectivity index (χ1) is 10.1. The average Bonchev–Trinajstić information content (AvgIpc) is 2.98. The van der Waals surface area contributed by atoms with Crippen LogP contribution in [0, 0.1) is 12.8 Å². The van der Waals surface area contributed by atoms with E-state index in [0.29, 0.717) is 18.9 Å². The van der Waals surface area contributed by atoms with Crippen molar-refractivity contribution < 1.29 is 9.21 Å². The van der Waals surface area contributed by atoms with Gasteiger partial charge in [0.1, 0.15) is 0 Å². The summed E-state index contributed by atoms with van der Waals surface area (Å²) in [6.45, 7) is 4.63. The topological polar surface area (TPSA) is 81.2 Å². The van der Waals surface area contributed by atoms with Crippen molar-refractivity contribution in [1.82, 2.24) is 4.98 Å². The van der Waals surface area contributed by atoms with Crippen LogP contribution in [0.1, 0.15) is 25.3 Å². The van der Waals surface area contributed by atoms with Crippen molar-refractivity contribution in [3.05, 3.63) is 36.4 Å². The Morgan fingerprint density at radius 3 is 2.90 bits per heavy atom. The third-order valence-electron chi connectivity index (χ3n) is 3.47. The van der Waals surface area contributed by atoms with Gasteiger partial charge in [-0.25, -0.2) is 4.98 Å². The maximum Gasteiger partial charge on any atom is 0.224 e. The molecule has 0 saturated carbocycles. The normalized spacial score (nSPS) is 12.1. The molecule has 0 saturated heterocycles. The van der Waals surface area contributed by atoms with Crippen LogP contribution in [0.3, 0.4) is 0 Å². The van der Waals surface area contributed by atoms with Crippen molar-refractivity contribution in [2.45, 2.75) is 26.7 Å². The Morgan fingerprint density at radius 1 is 1.48 bits per heavy atom. The number of nitrogens with zero attached hydrogens (tertiary/aromatic N) is 1. The molecule has 2 rings (SSSR count). The van der Waals surface area contributed by atoms with Gasteiger partial charge in [-0.2, -0.15) is 0 Å². The molecule has 0 radical (unpaired) electrons. The van der Waals surface area contributed by atoms with Crippen molar-refractivity contribution in [1.29, 1.82) is 0 Å². The van der Waals surface area contributed by atoms with Gasteiger partial charge in [0, 0.05) is 17.7 Å². The van der Waals surface area contributed by atoms with Gasteiger partial charge < -0.3 is 15.5 Å². The Morgan fingerprint density at radius 2 is 2.29 bits per heavy atom. The number of aryl methyl sites for hydroxylation is 1. The lowest BCUT2D eigenvalue weighted by Crippen LogP contribution is -2.16. The Kier molecular flexibility index (Phi) is 5.11. The molecule has 1 aromatic heterocycles. The zero-order chi connectivity index (χ0) is 15.2. The number of hydrogen-bond acceptors (Lipinski definition) is 4. The monoisotopic (exact) mass is 287 g/mol. The van der Waals surface area contributed by atoms with E-state index in [0.717, 1.165) is 29.0 Å². The van der Waals surface area contributed by atoms with Gasteiger partial charge in [-0.1, -0.05) is 6.92 Å². The van der Waals surface area contributed by atoms with Crippen molar-refractivity contribution in [2.75, 3.05) is 11.9 Å². The SMILES string of the molecule is Cc1cc(NC(=O)CCC(C)CN)ccc1-c1cnco1. The summed E-state index contributed by atoms with van der Waals surface area (Å²) in [5, 5.41) is 2.91. The first-order valence-corrected chi connectivity index (χ1v) is 7.09. The molecular weight excluding hydrogens is 266 g/mol. The molecule has 0 aliphatic rings. The molecule has 5 heteroatoms. The highest BCUT2D eigenvalue weighted by atomic mass is 16.3. The van der Waals surface area contributed by atoms with Crippen LogP contribution in [0.15, 0.2) is 35.2 Å². The first kappa shape index (κ1) is 15.3. The summed E-state index contributed by atoms with van der Waals surface area (Å²) in [4.78, 5) is 15.8. The molecule has 1 amide bonds. The Hall–Kier alpha value is -2.14. The van der Waals surface area contributed by atoms with Crippen LogP contribution in [0.5, 0.6) is 0 Å². The third kappa shape index (κ3) is 4.16. The van der Waals surface area contributed by atoms with E-state index >= 15 is 0 Å². The van der Waals surface area contributed by atoms with E-state index in [2.05, 4.69) is 10.3 Å². The lowest BCUT2D eigenvalue weighted by Gasteiger charge is -2.10. The second-order valence-electron chi connectivity index (χ2n) is 5.32. The highest BCUT2D eigenvalue weighted by Crippen LogP contribution is 2.25. The molecule has 0 spiro atoms. The van der Waals surface area contributed by atoms with Crippen LogP contribution >= 0.6 is 0 Å². The molecule has 5 nitrogen and oxygen atoms in total. The Balaban J connectivity index is 1.99. The molecule has 0 fully saturated rings. The van der Waals surface area contributed by atoms with Gasteiger partial charge in [-0.05, 0) is 49.6 Å². The zero-order valence-electron chi connectivity index (χ0n) is 12.4. The van der Waals surface area contributed by atoms with Gasteiger partial charge in [0.05, 0.1) is 6.20 Å². The predicted molar refractivity (Wildman–Crippen MR) is 82.8 cm³/mol. The largest absolute Gasteiger partial charge is 0.444 e. The fraction of sp³-hybridized carbons (Fsp3) is 0.375. The average molecular weight is 287 g/mol. The minimum Gasteiger partial charge on any atom is -0.444 e. The van der Waals surface area contributed by atoms with Crippen LogP contribution < -0.4 is 11.1 Å². The van der Waals surface area contributed by atoms with E-state index in [1.807, 2.05) is 32.0 Å². The highest BCUT2D eigenvalue weighted by Gasteiger charge is 2.09. The van der Waals surface area contributed by atoms with E-state index in [4.69, 9.17) is 10.2 Å². The van der Waals surface area contributed by atoms with Crippen molar-refractivity contribution >= 4 is 11.6 Å². The highest BCUT2D eigenvalue weighted by molar-refractivity contribution is 5.91. The number of carbonyl (C=O) groups is 1. The van der Waals surface area contributed by atoms with Gasteiger partial charge in [0.25, 0.3) is 0 Å². The Labute approximate surface area is 124 Å². The molecule has 1 heterocycles. The van der Waals surface area contributed by atoms with Gasteiger partial charge in [-0.3, -0.25) is 4.79 Å². The number of nitrogens with two attached hydrogens (primary N) is 1. The first-order valence-electron chi connectivity index (χ1n) is 7.09. The van der Waals surface area contributed by atoms with Gasteiger partial charge in [-0.15, -0.1) is 0 Å². The minimum absolute atomic E-state index is 0.0158. The standard InChI is InChI=1S/C16H21N3O2/c1-11(8-17)3-6-16(20)19-13-4-5-14(12(2)7-13)15-9-18-10-21-15/h4-5,7,9-11H,3,6,8,17H2,1-2H3,(H,19,20). The summed E-state index contributed by atoms with van der Waals surface area (Å²) < 4.78 is 5.29. The fourth-order valence-corrected chi connectivity index (χ4v) is 2.09. The van der Waals surface area contributed by atoms with Crippen molar-refractivity contribution in [3.63, 3.8) is 0 Å². The molecule has 0 aliphatic carbocycles. The third-order valence-corrected chi connectivity index (χ3v) is 3.47. The number of benzene rings is 1. The number of hydrogen-bond donors (Lipinski definition) is 2. The quantitative estimate of drug-likeness (QED) is 0.855. The molecule has 21 heavy (non-hydrogen) atoms. The maximum absolute atomic E-state index is 11.9. The minimum atomic E-state index is 0.0158. The summed E-state index contributed by atoms with van der Waals surface area (Å²) in [6, 6.07) is 5.73. The zero-order valence-corrected chi connectivity index (χ0v) is 12.4. The number of amides is 1. The summed E-state index contributed by atoms with van der Waals surface area (Å²) in [6.07, 6.45) is 4.37. The number of nitrogens with one attached hydrogen (secondary N) is 1. The van der Waals surface area contributed by atoms with Crippen LogP contribution in [0.4, 0.5) is 5.69 Å². The lowest BCUT2D eigenvalue weighted by atomic mass is 10.0. The summed E-state index contributed by atoms with van der Waals surface area (Å²) in [5.74, 6) is 1.11. The number of carbonyl (C=O) groups excluding carboxylic acids is 1. The lowest BCUT2D eigenvalue weighted by molar-refractivity contribution is -0.116. The van der Waals surface area contributed by atoms with Crippen molar-refractivity contribution in [2.24, 2.45) is 11.7 Å². The van der Waals surface area contributed by atoms with E-state index < -0.39 is 0 Å². The smallest absolute Gasteiger partial charge is 0.224 e. The number of rotatable bonds is 6. The molecular formula is C16H21N3O2. The van der Waals surface area contributed by atoms with Gasteiger partial charge >= 0.3 is 0 Å². The van der Waals surface area contributed by atoms with Gasteiger partial charge in [0.15, 0.2) is 12.2 Å². The molecule has 3 N–H and O–H groups in total. The molecule has 112 valence electrons. The predicted octanol–water partition coefficient (Wildman–Crippen LogP) is 2.96. The van der Waals surface area contributed by atoms with Crippen LogP contribution in [-0.4, -0.2) is 17.4 Å². The van der Waals surface area contributed by atoms with E-state index in [1.165, 1.54) is 6.39 Å². The molecule has 1 aromatic carbocycles. The van der Waals surface area contributed by atoms with E-state index in [-0.39, 0.29) is 5.91 Å². The number of anilines is 1. The van der Waals surface area contributed by atoms with Crippen LogP contribution in [0.2, 0.25) is 0 Å². The molecule has 2 aromatic rings. The molecule has 0 bridgehead atoms. The van der Waals surface area contributed by atoms with E-state index in [1.54, 1.807) is 6.20 Å². The van der Waals surface area contributed by atoms with Crippen molar-refractivity contribution in [3.8, 4) is 11.3 Å². The maximum atomic E-state index is 11.9.